The zero-order chi connectivity index (χ0) is 31.5. The van der Waals surface area contributed by atoms with Crippen molar-refractivity contribution >= 4 is 10.8 Å². The van der Waals surface area contributed by atoms with Gasteiger partial charge in [0.05, 0.1) is 0 Å². The molecule has 0 bridgehead atoms. The molecule has 0 radical (unpaired) electrons. The summed E-state index contributed by atoms with van der Waals surface area (Å²) in [5, 5.41) is 2.67. The molecule has 0 saturated heterocycles. The smallest absolute Gasteiger partial charge is 0.0269 e. The van der Waals surface area contributed by atoms with Gasteiger partial charge >= 0.3 is 0 Å². The number of aryl methyl sites for hydroxylation is 1. The molecule has 2 aliphatic rings. The van der Waals surface area contributed by atoms with Crippen molar-refractivity contribution in [3.63, 3.8) is 0 Å². The molecule has 2 aromatic carbocycles. The molecule has 0 aliphatic heterocycles. The Hall–Kier alpha value is -3.24. The molecule has 0 N–H and O–H groups in total. The minimum Gasteiger partial charge on any atom is -0.377 e. The minimum absolute atomic E-state index is 0.494. The van der Waals surface area contributed by atoms with Gasteiger partial charge in [0, 0.05) is 25.2 Å². The molecule has 2 aliphatic carbocycles. The Labute approximate surface area is 255 Å². The normalized spacial score (nSPS) is 14.7. The van der Waals surface area contributed by atoms with Crippen LogP contribution in [-0.4, -0.2) is 18.5 Å². The Kier molecular flexibility index (Phi) is 26.2. The minimum atomic E-state index is 0.494. The van der Waals surface area contributed by atoms with E-state index in [-0.39, 0.29) is 0 Å². The monoisotopic (exact) mass is 555 g/mol. The highest BCUT2D eigenvalue weighted by Gasteiger charge is 2.08. The molecule has 1 unspecified atom stereocenters. The summed E-state index contributed by atoms with van der Waals surface area (Å²) in [6, 6.07) is 15.1. The van der Waals surface area contributed by atoms with E-state index in [0.717, 1.165) is 31.7 Å². The molecular weight excluding hydrogens is 494 g/mol. The van der Waals surface area contributed by atoms with Gasteiger partial charge in [-0.15, -0.1) is 25.5 Å². The maximum Gasteiger partial charge on any atom is 0.0269 e. The number of fused-ring (bicyclic) bond motifs is 1. The molecule has 226 valence electrons. The van der Waals surface area contributed by atoms with E-state index in [9.17, 15) is 0 Å². The van der Waals surface area contributed by atoms with Gasteiger partial charge in [-0.2, -0.15) is 0 Å². The van der Waals surface area contributed by atoms with E-state index >= 15 is 0 Å². The van der Waals surface area contributed by atoms with Crippen molar-refractivity contribution in [2.45, 2.75) is 93.4 Å². The zero-order valence-electron chi connectivity index (χ0n) is 27.9. The van der Waals surface area contributed by atoms with E-state index in [1.54, 1.807) is 6.92 Å². The van der Waals surface area contributed by atoms with Crippen LogP contribution in [0.1, 0.15) is 92.6 Å². The third kappa shape index (κ3) is 18.7. The molecule has 1 saturated carbocycles. The fourth-order valence-electron chi connectivity index (χ4n) is 4.35. The van der Waals surface area contributed by atoms with E-state index in [4.69, 9.17) is 0 Å². The van der Waals surface area contributed by atoms with Crippen LogP contribution in [0.2, 0.25) is 0 Å². The lowest BCUT2D eigenvalue weighted by atomic mass is 10.1. The number of nitrogens with zero attached hydrogens (tertiary/aromatic N) is 1. The summed E-state index contributed by atoms with van der Waals surface area (Å²) >= 11 is 0. The van der Waals surface area contributed by atoms with E-state index in [0.29, 0.717) is 5.92 Å². The number of benzene rings is 2. The third-order valence-electron chi connectivity index (χ3n) is 6.93. The van der Waals surface area contributed by atoms with Gasteiger partial charge in [-0.25, -0.2) is 0 Å². The molecular formula is C40H61N. The molecule has 0 amide bonds. The summed E-state index contributed by atoms with van der Waals surface area (Å²) in [7, 11) is 2.12. The topological polar surface area (TPSA) is 3.24 Å². The maximum absolute atomic E-state index is 4.60. The fourth-order valence-corrected chi connectivity index (χ4v) is 4.35. The SMILES string of the molecule is C#CC.C=C.C=C(CC)N(C)CC1C=CC=C(CC)C=C1.CC.CC1CCCC1.CCc1ccc2ccccc2c1. The molecule has 0 spiro atoms. The van der Waals surface area contributed by atoms with Gasteiger partial charge < -0.3 is 4.90 Å². The van der Waals surface area contributed by atoms with Gasteiger partial charge in [-0.3, -0.25) is 0 Å². The van der Waals surface area contributed by atoms with Crippen molar-refractivity contribution in [1.29, 1.82) is 0 Å². The summed E-state index contributed by atoms with van der Waals surface area (Å²) in [5.41, 5.74) is 4.01. The first-order chi connectivity index (χ1) is 19.9. The van der Waals surface area contributed by atoms with Crippen LogP contribution in [0.25, 0.3) is 10.8 Å². The van der Waals surface area contributed by atoms with Gasteiger partial charge in [0.2, 0.25) is 0 Å². The molecule has 2 aromatic rings. The zero-order valence-corrected chi connectivity index (χ0v) is 27.9. The van der Waals surface area contributed by atoms with Crippen molar-refractivity contribution < 1.29 is 0 Å². The van der Waals surface area contributed by atoms with Crippen molar-refractivity contribution in [3.8, 4) is 12.3 Å². The van der Waals surface area contributed by atoms with Gasteiger partial charge in [0.25, 0.3) is 0 Å². The third-order valence-corrected chi connectivity index (χ3v) is 6.93. The number of allylic oxidation sites excluding steroid dienone is 5. The molecule has 1 fully saturated rings. The number of hydrogen-bond donors (Lipinski definition) is 0. The van der Waals surface area contributed by atoms with Crippen molar-refractivity contribution in [2.24, 2.45) is 11.8 Å². The van der Waals surface area contributed by atoms with E-state index in [1.807, 2.05) is 13.8 Å². The summed E-state index contributed by atoms with van der Waals surface area (Å²) < 4.78 is 0. The first kappa shape index (κ1) is 39.9. The van der Waals surface area contributed by atoms with E-state index in [2.05, 4.69) is 145 Å². The largest absolute Gasteiger partial charge is 0.377 e. The second-order valence-electron chi connectivity index (χ2n) is 10.0. The summed E-state index contributed by atoms with van der Waals surface area (Å²) in [5.74, 6) is 3.79. The standard InChI is InChI=1S/C15H23N.C12H12.C6H12.C3H4.C2H6.C2H4/c1-5-13(3)16(4)12-15-9-7-8-14(6-2)10-11-15;1-2-10-7-8-11-5-3-4-6-12(11)9-10;1-6-4-2-3-5-6;1-3-2;2*1-2/h7-11,15H,3,5-6,12H2,1-2,4H3;3-9H,2H2,1H3;6H,2-5H2,1H3;1H,2H3;1-2H3;1-2H2. The predicted molar refractivity (Wildman–Crippen MR) is 190 cm³/mol. The number of terminal acetylenes is 1. The lowest BCUT2D eigenvalue weighted by Gasteiger charge is -2.23. The van der Waals surface area contributed by atoms with Crippen LogP contribution >= 0.6 is 0 Å². The first-order valence-corrected chi connectivity index (χ1v) is 15.7. The van der Waals surface area contributed by atoms with Crippen LogP contribution in [0.4, 0.5) is 0 Å². The Balaban J connectivity index is 0. The molecule has 1 atom stereocenters. The van der Waals surface area contributed by atoms with E-state index in [1.165, 1.54) is 53.3 Å². The van der Waals surface area contributed by atoms with Gasteiger partial charge in [0.15, 0.2) is 0 Å². The molecule has 1 nitrogen and oxygen atoms in total. The quantitative estimate of drug-likeness (QED) is 0.253. The Morgan fingerprint density at radius 3 is 2.02 bits per heavy atom. The Bertz CT molecular complexity index is 1060. The van der Waals surface area contributed by atoms with E-state index < -0.39 is 0 Å². The molecule has 0 aromatic heterocycles. The highest BCUT2D eigenvalue weighted by atomic mass is 15.1. The average molecular weight is 556 g/mol. The highest BCUT2D eigenvalue weighted by Crippen LogP contribution is 2.23. The lowest BCUT2D eigenvalue weighted by molar-refractivity contribution is 0.385. The molecule has 0 heterocycles. The Morgan fingerprint density at radius 1 is 0.951 bits per heavy atom. The molecule has 4 rings (SSSR count). The van der Waals surface area contributed by atoms with Gasteiger partial charge in [-0.1, -0.05) is 147 Å². The second-order valence-corrected chi connectivity index (χ2v) is 10.0. The number of hydrogen-bond acceptors (Lipinski definition) is 1. The molecule has 1 heteroatoms. The van der Waals surface area contributed by atoms with Crippen molar-refractivity contribution in [2.75, 3.05) is 13.6 Å². The van der Waals surface area contributed by atoms with Crippen LogP contribution < -0.4 is 0 Å². The second kappa shape index (κ2) is 27.0. The van der Waals surface area contributed by atoms with Crippen LogP contribution in [0.5, 0.6) is 0 Å². The fraction of sp³-hybridized carbons (Fsp3) is 0.450. The summed E-state index contributed by atoms with van der Waals surface area (Å²) in [4.78, 5) is 2.25. The molecule has 41 heavy (non-hydrogen) atoms. The van der Waals surface area contributed by atoms with Gasteiger partial charge in [0.1, 0.15) is 0 Å². The van der Waals surface area contributed by atoms with Crippen LogP contribution in [0, 0.1) is 24.2 Å². The van der Waals surface area contributed by atoms with Crippen LogP contribution in [0.3, 0.4) is 0 Å². The van der Waals surface area contributed by atoms with Crippen molar-refractivity contribution in [3.05, 3.63) is 109 Å². The summed E-state index contributed by atoms with van der Waals surface area (Å²) in [6.45, 7) is 25.6. The van der Waals surface area contributed by atoms with Crippen LogP contribution in [0.15, 0.2) is 104 Å². The maximum atomic E-state index is 4.60. The first-order valence-electron chi connectivity index (χ1n) is 15.7. The van der Waals surface area contributed by atoms with Crippen molar-refractivity contribution in [1.82, 2.24) is 4.90 Å². The lowest BCUT2D eigenvalue weighted by Crippen LogP contribution is -2.22. The predicted octanol–water partition coefficient (Wildman–Crippen LogP) is 12.0. The van der Waals surface area contributed by atoms with Gasteiger partial charge in [-0.05, 0) is 54.0 Å². The average Bonchev–Trinajstić information content (AvgIpc) is 3.40. The van der Waals surface area contributed by atoms with Crippen LogP contribution in [-0.2, 0) is 6.42 Å². The number of rotatable bonds is 6. The summed E-state index contributed by atoms with van der Waals surface area (Å²) in [6.07, 6.45) is 25.0. The Morgan fingerprint density at radius 2 is 1.54 bits per heavy atom. The highest BCUT2D eigenvalue weighted by molar-refractivity contribution is 5.82.